The molecule has 0 rings (SSSR count). The second-order valence-electron chi connectivity index (χ2n) is 0.785. The van der Waals surface area contributed by atoms with Crippen LogP contribution in [0.5, 0.6) is 0 Å². The minimum Gasteiger partial charge on any atom is -0.542 e. The SMILES string of the molecule is O=[13C]([O-])C(F)(F)F.[Na+]. The van der Waals surface area contributed by atoms with Crippen molar-refractivity contribution < 1.29 is 52.6 Å². The Hall–Kier alpha value is 0.260. The molecule has 0 atom stereocenters. The van der Waals surface area contributed by atoms with Crippen molar-refractivity contribution in [2.75, 3.05) is 0 Å². The van der Waals surface area contributed by atoms with Gasteiger partial charge in [0.15, 0.2) is 0 Å². The molecule has 0 fully saturated rings. The number of carboxylic acid groups (broad SMARTS) is 1. The van der Waals surface area contributed by atoms with Gasteiger partial charge in [-0.25, -0.2) is 0 Å². The first-order chi connectivity index (χ1) is 2.94. The first-order valence-electron chi connectivity index (χ1n) is 1.23. The fourth-order valence-corrected chi connectivity index (χ4v) is 0. The number of aliphatic carboxylic acids is 1. The van der Waals surface area contributed by atoms with E-state index in [0.29, 0.717) is 0 Å². The van der Waals surface area contributed by atoms with Crippen LogP contribution < -0.4 is 34.7 Å². The van der Waals surface area contributed by atoms with Gasteiger partial charge in [0.1, 0.15) is 5.97 Å². The van der Waals surface area contributed by atoms with Gasteiger partial charge in [-0.05, 0) is 0 Å². The number of hydrogen-bond donors (Lipinski definition) is 0. The van der Waals surface area contributed by atoms with E-state index in [1.54, 1.807) is 0 Å². The molecule has 0 spiro atoms. The first-order valence-corrected chi connectivity index (χ1v) is 1.23. The molecule has 0 aromatic rings. The van der Waals surface area contributed by atoms with Gasteiger partial charge in [-0.2, -0.15) is 13.2 Å². The van der Waals surface area contributed by atoms with Gasteiger partial charge in [0.25, 0.3) is 0 Å². The Morgan fingerprint density at radius 1 is 1.38 bits per heavy atom. The van der Waals surface area contributed by atoms with Gasteiger partial charge in [0, 0.05) is 0 Å². The summed E-state index contributed by atoms with van der Waals surface area (Å²) in [6.07, 6.45) is -5.19. The van der Waals surface area contributed by atoms with E-state index >= 15 is 0 Å². The van der Waals surface area contributed by atoms with E-state index < -0.39 is 12.1 Å². The Morgan fingerprint density at radius 3 is 1.50 bits per heavy atom. The van der Waals surface area contributed by atoms with Crippen molar-refractivity contribution >= 4 is 5.97 Å². The van der Waals surface area contributed by atoms with Crippen LogP contribution in [-0.2, 0) is 4.79 Å². The van der Waals surface area contributed by atoms with E-state index in [1.165, 1.54) is 0 Å². The van der Waals surface area contributed by atoms with Crippen LogP contribution in [0.2, 0.25) is 0 Å². The maximum atomic E-state index is 10.5. The fraction of sp³-hybridized carbons (Fsp3) is 0.500. The molecule has 2 nitrogen and oxygen atoms in total. The smallest absolute Gasteiger partial charge is 0.542 e. The van der Waals surface area contributed by atoms with Crippen molar-refractivity contribution in [3.63, 3.8) is 0 Å². The zero-order valence-corrected chi connectivity index (χ0v) is 5.95. The number of carbonyl (C=O) groups excluding carboxylic acids is 1. The second-order valence-corrected chi connectivity index (χ2v) is 0.785. The molecule has 0 aliphatic rings. The Balaban J connectivity index is 0. The van der Waals surface area contributed by atoms with Crippen LogP contribution in [0.25, 0.3) is 0 Å². The number of rotatable bonds is 0. The minimum atomic E-state index is -5.19. The average Bonchev–Trinajstić information content (AvgIpc) is 1.31. The maximum Gasteiger partial charge on any atom is 1.00 e. The maximum absolute atomic E-state index is 10.5. The summed E-state index contributed by atoms with van der Waals surface area (Å²) in [4.78, 5) is 8.78. The molecular weight excluding hydrogens is 137 g/mol. The van der Waals surface area contributed by atoms with Crippen molar-refractivity contribution in [2.24, 2.45) is 0 Å². The van der Waals surface area contributed by atoms with Gasteiger partial charge in [-0.15, -0.1) is 0 Å². The van der Waals surface area contributed by atoms with E-state index in [9.17, 15) is 13.2 Å². The van der Waals surface area contributed by atoms with Crippen molar-refractivity contribution in [2.45, 2.75) is 6.18 Å². The van der Waals surface area contributed by atoms with Crippen LogP contribution in [0.3, 0.4) is 0 Å². The van der Waals surface area contributed by atoms with Crippen LogP contribution in [0.1, 0.15) is 0 Å². The third-order valence-electron chi connectivity index (χ3n) is 0.231. The molecular formula is C2F3NaO2. The van der Waals surface area contributed by atoms with Gasteiger partial charge in [0.2, 0.25) is 0 Å². The van der Waals surface area contributed by atoms with Crippen molar-refractivity contribution in [1.29, 1.82) is 0 Å². The van der Waals surface area contributed by atoms with Crippen LogP contribution in [-0.4, -0.2) is 12.1 Å². The molecule has 0 aliphatic carbocycles. The number of carboxylic acids is 1. The monoisotopic (exact) mass is 137 g/mol. The Morgan fingerprint density at radius 2 is 1.50 bits per heavy atom. The van der Waals surface area contributed by atoms with Gasteiger partial charge in [-0.3, -0.25) is 0 Å². The van der Waals surface area contributed by atoms with Crippen molar-refractivity contribution in [3.05, 3.63) is 0 Å². The first kappa shape index (κ1) is 11.1. The molecule has 0 saturated carbocycles. The summed E-state index contributed by atoms with van der Waals surface area (Å²) in [5.41, 5.74) is 0. The molecule has 0 aromatic carbocycles. The average molecular weight is 137 g/mol. The van der Waals surface area contributed by atoms with Crippen LogP contribution in [0, 0.1) is 0 Å². The molecule has 0 heterocycles. The van der Waals surface area contributed by atoms with Gasteiger partial charge in [-0.1, -0.05) is 0 Å². The molecule has 6 heteroatoms. The van der Waals surface area contributed by atoms with E-state index in [4.69, 9.17) is 9.90 Å². The summed E-state index contributed by atoms with van der Waals surface area (Å²) in [5.74, 6) is -3.01. The molecule has 42 valence electrons. The molecule has 0 N–H and O–H groups in total. The fourth-order valence-electron chi connectivity index (χ4n) is 0. The Kier molecular flexibility index (Phi) is 4.61. The Labute approximate surface area is 65.0 Å². The molecule has 0 aromatic heterocycles. The molecule has 8 heavy (non-hydrogen) atoms. The van der Waals surface area contributed by atoms with E-state index in [1.807, 2.05) is 0 Å². The summed E-state index contributed by atoms with van der Waals surface area (Å²) >= 11 is 0. The normalized spacial score (nSPS) is 9.88. The van der Waals surface area contributed by atoms with E-state index in [-0.39, 0.29) is 29.6 Å². The van der Waals surface area contributed by atoms with Crippen LogP contribution in [0.4, 0.5) is 13.2 Å². The quantitative estimate of drug-likeness (QED) is 0.254. The number of carbonyl (C=O) groups is 1. The summed E-state index contributed by atoms with van der Waals surface area (Å²) in [7, 11) is 0. The van der Waals surface area contributed by atoms with Crippen LogP contribution >= 0.6 is 0 Å². The molecule has 0 saturated heterocycles. The zero-order valence-electron chi connectivity index (χ0n) is 3.95. The third-order valence-corrected chi connectivity index (χ3v) is 0.231. The van der Waals surface area contributed by atoms with E-state index in [2.05, 4.69) is 0 Å². The number of halogens is 3. The van der Waals surface area contributed by atoms with Gasteiger partial charge < -0.3 is 9.90 Å². The second kappa shape index (κ2) is 3.32. The van der Waals surface area contributed by atoms with Crippen molar-refractivity contribution in [1.82, 2.24) is 0 Å². The van der Waals surface area contributed by atoms with Gasteiger partial charge in [0.05, 0.1) is 0 Å². The van der Waals surface area contributed by atoms with Crippen molar-refractivity contribution in [3.8, 4) is 0 Å². The summed E-state index contributed by atoms with van der Waals surface area (Å²) in [6, 6.07) is 0. The predicted molar refractivity (Wildman–Crippen MR) is 11.1 cm³/mol. The molecule has 0 bridgehead atoms. The predicted octanol–water partition coefficient (Wildman–Crippen LogP) is -3.70. The molecule has 0 aliphatic heterocycles. The standard InChI is InChI=1S/C2HF3O2.Na/c3-2(4,5)1(6)7;/h(H,6,7);/q;+1/p-1/i1+1;. The molecule has 0 amide bonds. The Bertz CT molecular complexity index is 87.8. The summed E-state index contributed by atoms with van der Waals surface area (Å²) < 4.78 is 31.5. The van der Waals surface area contributed by atoms with Crippen LogP contribution in [0.15, 0.2) is 0 Å². The zero-order chi connectivity index (χ0) is 6.08. The number of hydrogen-bond acceptors (Lipinski definition) is 2. The molecule has 0 radical (unpaired) electrons. The third kappa shape index (κ3) is 4.42. The minimum absolute atomic E-state index is 0. The molecule has 0 unspecified atom stereocenters. The van der Waals surface area contributed by atoms with E-state index in [0.717, 1.165) is 0 Å². The largest absolute Gasteiger partial charge is 1.00 e. The summed E-state index contributed by atoms with van der Waals surface area (Å²) in [5, 5.41) is 8.78. The van der Waals surface area contributed by atoms with Gasteiger partial charge >= 0.3 is 35.7 Å². The summed E-state index contributed by atoms with van der Waals surface area (Å²) in [6.45, 7) is 0. The topological polar surface area (TPSA) is 40.1 Å². The number of alkyl halides is 3.